The molecule has 0 spiro atoms. The summed E-state index contributed by atoms with van der Waals surface area (Å²) >= 11 is 0. The van der Waals surface area contributed by atoms with E-state index in [0.717, 1.165) is 13.0 Å². The summed E-state index contributed by atoms with van der Waals surface area (Å²) in [6, 6.07) is 12.1. The van der Waals surface area contributed by atoms with E-state index in [1.165, 1.54) is 5.56 Å². The summed E-state index contributed by atoms with van der Waals surface area (Å²) in [6.45, 7) is 5.56. The van der Waals surface area contributed by atoms with Gasteiger partial charge in [0.1, 0.15) is 0 Å². The zero-order valence-electron chi connectivity index (χ0n) is 9.56. The highest BCUT2D eigenvalue weighted by Gasteiger charge is 2.30. The normalized spacial score (nSPS) is 29.3. The standard InChI is InChI=1S/C13H20N2/c1-10-8-13(14)9-15(10)11(2)12-6-4-3-5-7-12/h3-7,10-11,13H,8-9,14H2,1-2H3/t10-,11-,13-/m0/s1. The van der Waals surface area contributed by atoms with Crippen LogP contribution in [0.2, 0.25) is 0 Å². The molecular formula is C13H20N2. The topological polar surface area (TPSA) is 29.3 Å². The van der Waals surface area contributed by atoms with Crippen LogP contribution in [-0.4, -0.2) is 23.5 Å². The number of hydrogen-bond acceptors (Lipinski definition) is 2. The molecule has 0 aliphatic carbocycles. The molecule has 1 saturated heterocycles. The van der Waals surface area contributed by atoms with Crippen molar-refractivity contribution in [2.45, 2.75) is 38.4 Å². The van der Waals surface area contributed by atoms with Crippen LogP contribution in [0.25, 0.3) is 0 Å². The lowest BCUT2D eigenvalue weighted by molar-refractivity contribution is 0.203. The van der Waals surface area contributed by atoms with Crippen molar-refractivity contribution < 1.29 is 0 Å². The lowest BCUT2D eigenvalue weighted by atomic mass is 10.1. The fraction of sp³-hybridized carbons (Fsp3) is 0.538. The molecule has 1 heterocycles. The molecular weight excluding hydrogens is 184 g/mol. The highest BCUT2D eigenvalue weighted by atomic mass is 15.2. The molecule has 0 saturated carbocycles. The van der Waals surface area contributed by atoms with Crippen molar-refractivity contribution in [1.82, 2.24) is 4.90 Å². The van der Waals surface area contributed by atoms with Crippen LogP contribution >= 0.6 is 0 Å². The zero-order valence-corrected chi connectivity index (χ0v) is 9.56. The van der Waals surface area contributed by atoms with E-state index >= 15 is 0 Å². The maximum Gasteiger partial charge on any atom is 0.0323 e. The molecule has 1 aromatic carbocycles. The summed E-state index contributed by atoms with van der Waals surface area (Å²) < 4.78 is 0. The van der Waals surface area contributed by atoms with E-state index in [2.05, 4.69) is 49.1 Å². The van der Waals surface area contributed by atoms with Gasteiger partial charge >= 0.3 is 0 Å². The average molecular weight is 204 g/mol. The minimum atomic E-state index is 0.353. The highest BCUT2D eigenvalue weighted by Crippen LogP contribution is 2.28. The lowest BCUT2D eigenvalue weighted by Gasteiger charge is -2.28. The maximum absolute atomic E-state index is 5.99. The summed E-state index contributed by atoms with van der Waals surface area (Å²) in [5.41, 5.74) is 7.38. The second kappa shape index (κ2) is 4.33. The fourth-order valence-electron chi connectivity index (χ4n) is 2.56. The Bertz CT molecular complexity index is 310. The van der Waals surface area contributed by atoms with E-state index in [9.17, 15) is 0 Å². The van der Waals surface area contributed by atoms with Crippen LogP contribution in [0.4, 0.5) is 0 Å². The first kappa shape index (κ1) is 10.7. The third kappa shape index (κ3) is 2.21. The van der Waals surface area contributed by atoms with Crippen molar-refractivity contribution in [3.8, 4) is 0 Å². The minimum Gasteiger partial charge on any atom is -0.326 e. The van der Waals surface area contributed by atoms with Gasteiger partial charge in [0.2, 0.25) is 0 Å². The zero-order chi connectivity index (χ0) is 10.8. The average Bonchev–Trinajstić information content (AvgIpc) is 2.58. The summed E-state index contributed by atoms with van der Waals surface area (Å²) in [4.78, 5) is 2.50. The molecule has 2 N–H and O–H groups in total. The third-order valence-corrected chi connectivity index (χ3v) is 3.43. The van der Waals surface area contributed by atoms with Crippen molar-refractivity contribution in [2.24, 2.45) is 5.73 Å². The van der Waals surface area contributed by atoms with Gasteiger partial charge in [-0.3, -0.25) is 4.90 Å². The molecule has 2 nitrogen and oxygen atoms in total. The smallest absolute Gasteiger partial charge is 0.0323 e. The monoisotopic (exact) mass is 204 g/mol. The Morgan fingerprint density at radius 3 is 2.53 bits per heavy atom. The number of benzene rings is 1. The first-order valence-electron chi connectivity index (χ1n) is 5.74. The van der Waals surface area contributed by atoms with Crippen LogP contribution in [0.15, 0.2) is 30.3 Å². The Morgan fingerprint density at radius 1 is 1.33 bits per heavy atom. The Balaban J connectivity index is 2.11. The number of rotatable bonds is 2. The molecule has 1 aliphatic heterocycles. The van der Waals surface area contributed by atoms with E-state index in [0.29, 0.717) is 18.1 Å². The number of likely N-dealkylation sites (tertiary alicyclic amines) is 1. The minimum absolute atomic E-state index is 0.353. The molecule has 0 bridgehead atoms. The molecule has 1 fully saturated rings. The van der Waals surface area contributed by atoms with Crippen molar-refractivity contribution in [1.29, 1.82) is 0 Å². The molecule has 82 valence electrons. The largest absolute Gasteiger partial charge is 0.326 e. The van der Waals surface area contributed by atoms with Gasteiger partial charge in [-0.25, -0.2) is 0 Å². The van der Waals surface area contributed by atoms with E-state index in [-0.39, 0.29) is 0 Å². The van der Waals surface area contributed by atoms with Gasteiger partial charge in [0, 0.05) is 24.7 Å². The van der Waals surface area contributed by atoms with Gasteiger partial charge in [0.05, 0.1) is 0 Å². The van der Waals surface area contributed by atoms with Gasteiger partial charge in [-0.05, 0) is 25.8 Å². The van der Waals surface area contributed by atoms with Gasteiger partial charge < -0.3 is 5.73 Å². The van der Waals surface area contributed by atoms with E-state index in [1.807, 2.05) is 0 Å². The SMILES string of the molecule is C[C@H]1C[C@H](N)CN1[C@@H](C)c1ccccc1. The number of nitrogens with two attached hydrogens (primary N) is 1. The summed E-state index contributed by atoms with van der Waals surface area (Å²) in [5.74, 6) is 0. The van der Waals surface area contributed by atoms with Crippen molar-refractivity contribution in [2.75, 3.05) is 6.54 Å². The van der Waals surface area contributed by atoms with Crippen LogP contribution in [-0.2, 0) is 0 Å². The Kier molecular flexibility index (Phi) is 3.08. The second-order valence-electron chi connectivity index (χ2n) is 4.63. The molecule has 1 aliphatic rings. The van der Waals surface area contributed by atoms with Gasteiger partial charge in [0.15, 0.2) is 0 Å². The van der Waals surface area contributed by atoms with Crippen molar-refractivity contribution in [3.63, 3.8) is 0 Å². The lowest BCUT2D eigenvalue weighted by Crippen LogP contribution is -2.31. The maximum atomic E-state index is 5.99. The quantitative estimate of drug-likeness (QED) is 0.800. The first-order valence-corrected chi connectivity index (χ1v) is 5.74. The summed E-state index contributed by atoms with van der Waals surface area (Å²) in [5, 5.41) is 0. The molecule has 0 aromatic heterocycles. The predicted octanol–water partition coefficient (Wildman–Crippen LogP) is 2.17. The fourth-order valence-corrected chi connectivity index (χ4v) is 2.56. The molecule has 0 unspecified atom stereocenters. The Labute approximate surface area is 92.1 Å². The molecule has 0 radical (unpaired) electrons. The molecule has 0 amide bonds. The summed E-state index contributed by atoms with van der Waals surface area (Å²) in [6.07, 6.45) is 1.12. The first-order chi connectivity index (χ1) is 7.18. The van der Waals surface area contributed by atoms with Crippen molar-refractivity contribution >= 4 is 0 Å². The molecule has 2 heteroatoms. The number of hydrogen-bond donors (Lipinski definition) is 1. The highest BCUT2D eigenvalue weighted by molar-refractivity contribution is 5.19. The third-order valence-electron chi connectivity index (χ3n) is 3.43. The van der Waals surface area contributed by atoms with Crippen LogP contribution in [0, 0.1) is 0 Å². The van der Waals surface area contributed by atoms with Gasteiger partial charge in [-0.1, -0.05) is 30.3 Å². The van der Waals surface area contributed by atoms with E-state index in [1.54, 1.807) is 0 Å². The van der Waals surface area contributed by atoms with Crippen LogP contribution < -0.4 is 5.73 Å². The van der Waals surface area contributed by atoms with Crippen LogP contribution in [0.3, 0.4) is 0 Å². The van der Waals surface area contributed by atoms with Crippen LogP contribution in [0.1, 0.15) is 31.9 Å². The number of nitrogens with zero attached hydrogens (tertiary/aromatic N) is 1. The molecule has 3 atom stereocenters. The van der Waals surface area contributed by atoms with Gasteiger partial charge in [0.25, 0.3) is 0 Å². The van der Waals surface area contributed by atoms with Gasteiger partial charge in [-0.15, -0.1) is 0 Å². The van der Waals surface area contributed by atoms with Gasteiger partial charge in [-0.2, -0.15) is 0 Å². The van der Waals surface area contributed by atoms with Crippen LogP contribution in [0.5, 0.6) is 0 Å². The molecule has 15 heavy (non-hydrogen) atoms. The summed E-state index contributed by atoms with van der Waals surface area (Å²) in [7, 11) is 0. The molecule has 2 rings (SSSR count). The van der Waals surface area contributed by atoms with E-state index in [4.69, 9.17) is 5.73 Å². The van der Waals surface area contributed by atoms with Crippen molar-refractivity contribution in [3.05, 3.63) is 35.9 Å². The Morgan fingerprint density at radius 2 is 2.00 bits per heavy atom. The van der Waals surface area contributed by atoms with E-state index < -0.39 is 0 Å². The Hall–Kier alpha value is -0.860. The predicted molar refractivity (Wildman–Crippen MR) is 63.6 cm³/mol. The second-order valence-corrected chi connectivity index (χ2v) is 4.63. The molecule has 1 aromatic rings.